The molecule has 1 unspecified atom stereocenters. The number of allylic oxidation sites excluding steroid dienone is 1. The molecule has 1 atom stereocenters. The minimum absolute atomic E-state index is 0.0713. The molecular formula is C18H23N3O5. The van der Waals surface area contributed by atoms with Gasteiger partial charge >= 0.3 is 12.0 Å². The van der Waals surface area contributed by atoms with E-state index in [2.05, 4.69) is 10.6 Å². The van der Waals surface area contributed by atoms with Gasteiger partial charge in [-0.05, 0) is 32.3 Å². The minimum atomic E-state index is -0.827. The Hall–Kier alpha value is -2.90. The van der Waals surface area contributed by atoms with Crippen LogP contribution in [0.4, 0.5) is 10.5 Å². The number of rotatable bonds is 5. The quantitative estimate of drug-likeness (QED) is 0.475. The van der Waals surface area contributed by atoms with Crippen LogP contribution >= 0.6 is 0 Å². The number of carbonyl (C=O) groups is 2. The van der Waals surface area contributed by atoms with Gasteiger partial charge in [0.1, 0.15) is 0 Å². The highest BCUT2D eigenvalue weighted by molar-refractivity contribution is 5.95. The summed E-state index contributed by atoms with van der Waals surface area (Å²) in [5.41, 5.74) is 1.58. The van der Waals surface area contributed by atoms with Crippen molar-refractivity contribution in [3.05, 3.63) is 50.7 Å². The molecule has 0 spiro atoms. The van der Waals surface area contributed by atoms with Crippen LogP contribution in [-0.2, 0) is 9.53 Å². The van der Waals surface area contributed by atoms with Gasteiger partial charge in [0.25, 0.3) is 5.69 Å². The maximum Gasteiger partial charge on any atom is 0.338 e. The second-order valence-electron chi connectivity index (χ2n) is 6.77. The van der Waals surface area contributed by atoms with Crippen LogP contribution in [0.5, 0.6) is 0 Å². The van der Waals surface area contributed by atoms with E-state index >= 15 is 0 Å². The summed E-state index contributed by atoms with van der Waals surface area (Å²) in [6, 6.07) is 3.35. The zero-order chi connectivity index (χ0) is 19.6. The summed E-state index contributed by atoms with van der Waals surface area (Å²) in [6.07, 6.45) is -0.339. The Morgan fingerprint density at radius 1 is 1.27 bits per heavy atom. The van der Waals surface area contributed by atoms with E-state index in [0.29, 0.717) is 16.8 Å². The summed E-state index contributed by atoms with van der Waals surface area (Å²) in [5.74, 6) is -0.705. The van der Waals surface area contributed by atoms with Crippen LogP contribution in [0, 0.1) is 23.0 Å². The second-order valence-corrected chi connectivity index (χ2v) is 6.77. The van der Waals surface area contributed by atoms with E-state index < -0.39 is 23.0 Å². The molecule has 0 saturated carbocycles. The van der Waals surface area contributed by atoms with Gasteiger partial charge in [-0.1, -0.05) is 26.0 Å². The number of nitro benzene ring substituents is 1. The lowest BCUT2D eigenvalue weighted by atomic mass is 9.90. The van der Waals surface area contributed by atoms with Crippen LogP contribution in [0.3, 0.4) is 0 Å². The number of hydrogen-bond donors (Lipinski definition) is 2. The zero-order valence-corrected chi connectivity index (χ0v) is 15.5. The zero-order valence-electron chi connectivity index (χ0n) is 15.5. The maximum absolute atomic E-state index is 12.7. The van der Waals surface area contributed by atoms with E-state index in [0.717, 1.165) is 0 Å². The minimum Gasteiger partial charge on any atom is -0.459 e. The maximum atomic E-state index is 12.7. The summed E-state index contributed by atoms with van der Waals surface area (Å²) in [4.78, 5) is 35.6. The fourth-order valence-corrected chi connectivity index (χ4v) is 2.80. The average molecular weight is 361 g/mol. The lowest BCUT2D eigenvalue weighted by Gasteiger charge is -2.31. The molecule has 2 N–H and O–H groups in total. The van der Waals surface area contributed by atoms with Gasteiger partial charge in [-0.3, -0.25) is 10.1 Å². The van der Waals surface area contributed by atoms with E-state index in [4.69, 9.17) is 4.74 Å². The monoisotopic (exact) mass is 361 g/mol. The molecule has 8 nitrogen and oxygen atoms in total. The lowest BCUT2D eigenvalue weighted by Crippen LogP contribution is -2.47. The number of nitrogens with zero attached hydrogens (tertiary/aromatic N) is 1. The number of amides is 2. The number of hydrogen-bond acceptors (Lipinski definition) is 5. The van der Waals surface area contributed by atoms with Crippen LogP contribution < -0.4 is 10.6 Å². The Bertz CT molecular complexity index is 783. The first-order valence-corrected chi connectivity index (χ1v) is 8.39. The molecule has 1 aliphatic heterocycles. The first-order chi connectivity index (χ1) is 12.1. The first kappa shape index (κ1) is 19.4. The van der Waals surface area contributed by atoms with Crippen LogP contribution in [-0.4, -0.2) is 23.0 Å². The van der Waals surface area contributed by atoms with Crippen molar-refractivity contribution >= 4 is 17.7 Å². The highest BCUT2D eigenvalue weighted by Crippen LogP contribution is 2.33. The first-order valence-electron chi connectivity index (χ1n) is 8.39. The smallest absolute Gasteiger partial charge is 0.338 e. The standard InChI is InChI=1S/C18H23N3O5/c1-9(2)15-14(17(22)26-10(3)4)16(20-18(23)19-15)12-7-6-11(5)13(8-12)21(24)25/h6-10,16H,1-5H3,(H2,19,20,23). The van der Waals surface area contributed by atoms with Gasteiger partial charge in [0.05, 0.1) is 22.6 Å². The predicted molar refractivity (Wildman–Crippen MR) is 95.3 cm³/mol. The number of ether oxygens (including phenoxy) is 1. The van der Waals surface area contributed by atoms with Gasteiger partial charge in [0.15, 0.2) is 0 Å². The lowest BCUT2D eigenvalue weighted by molar-refractivity contribution is -0.385. The van der Waals surface area contributed by atoms with Crippen molar-refractivity contribution in [2.45, 2.75) is 46.8 Å². The summed E-state index contributed by atoms with van der Waals surface area (Å²) >= 11 is 0. The molecule has 1 aromatic rings. The second kappa shape index (κ2) is 7.55. The van der Waals surface area contributed by atoms with Crippen LogP contribution in [0.1, 0.15) is 44.9 Å². The molecule has 1 heterocycles. The average Bonchev–Trinajstić information content (AvgIpc) is 2.53. The molecule has 140 valence electrons. The molecule has 0 saturated heterocycles. The summed E-state index contributed by atoms with van der Waals surface area (Å²) in [6.45, 7) is 8.78. The highest BCUT2D eigenvalue weighted by atomic mass is 16.6. The van der Waals surface area contributed by atoms with E-state index in [1.165, 1.54) is 6.07 Å². The largest absolute Gasteiger partial charge is 0.459 e. The molecule has 0 bridgehead atoms. The SMILES string of the molecule is Cc1ccc(C2NC(=O)NC(C(C)C)=C2C(=O)OC(C)C)cc1[N+](=O)[O-]. The number of benzene rings is 1. The van der Waals surface area contributed by atoms with Crippen molar-refractivity contribution in [3.63, 3.8) is 0 Å². The molecule has 26 heavy (non-hydrogen) atoms. The Kier molecular flexibility index (Phi) is 5.64. The Labute approximate surface area is 151 Å². The number of nitro groups is 1. The third kappa shape index (κ3) is 4.01. The summed E-state index contributed by atoms with van der Waals surface area (Å²) < 4.78 is 5.34. The van der Waals surface area contributed by atoms with Gasteiger partial charge in [0, 0.05) is 17.3 Å². The van der Waals surface area contributed by atoms with Crippen LogP contribution in [0.15, 0.2) is 29.5 Å². The van der Waals surface area contributed by atoms with Crippen LogP contribution in [0.25, 0.3) is 0 Å². The molecular weight excluding hydrogens is 338 g/mol. The van der Waals surface area contributed by atoms with E-state index in [1.807, 2.05) is 13.8 Å². The number of carbonyl (C=O) groups excluding carboxylic acids is 2. The number of nitrogens with one attached hydrogen (secondary N) is 2. The van der Waals surface area contributed by atoms with Crippen molar-refractivity contribution in [1.82, 2.24) is 10.6 Å². The van der Waals surface area contributed by atoms with Crippen LogP contribution in [0.2, 0.25) is 0 Å². The van der Waals surface area contributed by atoms with Gasteiger partial charge in [-0.2, -0.15) is 0 Å². The molecule has 0 radical (unpaired) electrons. The van der Waals surface area contributed by atoms with E-state index in [9.17, 15) is 19.7 Å². The third-order valence-corrected chi connectivity index (χ3v) is 4.01. The molecule has 2 rings (SSSR count). The van der Waals surface area contributed by atoms with Crippen molar-refractivity contribution in [2.75, 3.05) is 0 Å². The molecule has 0 aliphatic carbocycles. The molecule has 0 aromatic heterocycles. The highest BCUT2D eigenvalue weighted by Gasteiger charge is 2.35. The number of urea groups is 1. The topological polar surface area (TPSA) is 111 Å². The number of esters is 1. The molecule has 0 fully saturated rings. The van der Waals surface area contributed by atoms with Crippen molar-refractivity contribution < 1.29 is 19.2 Å². The molecule has 2 amide bonds. The van der Waals surface area contributed by atoms with Crippen molar-refractivity contribution in [1.29, 1.82) is 0 Å². The van der Waals surface area contributed by atoms with E-state index in [-0.39, 0.29) is 23.3 Å². The Morgan fingerprint density at radius 3 is 2.46 bits per heavy atom. The van der Waals surface area contributed by atoms with Crippen molar-refractivity contribution in [2.24, 2.45) is 5.92 Å². The normalized spacial score (nSPS) is 17.2. The van der Waals surface area contributed by atoms with Gasteiger partial charge in [0.2, 0.25) is 0 Å². The Balaban J connectivity index is 2.61. The van der Waals surface area contributed by atoms with Gasteiger partial charge in [-0.25, -0.2) is 9.59 Å². The third-order valence-electron chi connectivity index (χ3n) is 4.01. The summed E-state index contributed by atoms with van der Waals surface area (Å²) in [7, 11) is 0. The van der Waals surface area contributed by atoms with Gasteiger partial charge in [-0.15, -0.1) is 0 Å². The Morgan fingerprint density at radius 2 is 1.92 bits per heavy atom. The molecule has 1 aromatic carbocycles. The fraction of sp³-hybridized carbons (Fsp3) is 0.444. The predicted octanol–water partition coefficient (Wildman–Crippen LogP) is 3.12. The number of aryl methyl sites for hydroxylation is 1. The van der Waals surface area contributed by atoms with Crippen molar-refractivity contribution in [3.8, 4) is 0 Å². The molecule has 8 heteroatoms. The fourth-order valence-electron chi connectivity index (χ4n) is 2.80. The molecule has 1 aliphatic rings. The van der Waals surface area contributed by atoms with Gasteiger partial charge < -0.3 is 15.4 Å². The van der Waals surface area contributed by atoms with E-state index in [1.54, 1.807) is 32.9 Å². The summed E-state index contributed by atoms with van der Waals surface area (Å²) in [5, 5.41) is 16.6.